The molecule has 0 saturated carbocycles. The van der Waals surface area contributed by atoms with Crippen LogP contribution in [0.25, 0.3) is 11.1 Å². The smallest absolute Gasteiger partial charge is 0.343 e. The molecule has 0 bridgehead atoms. The van der Waals surface area contributed by atoms with Crippen LogP contribution in [0.4, 0.5) is 0 Å². The van der Waals surface area contributed by atoms with Crippen molar-refractivity contribution in [2.75, 3.05) is 13.6 Å². The van der Waals surface area contributed by atoms with Gasteiger partial charge in [-0.1, -0.05) is 25.3 Å². The molecule has 1 aliphatic rings. The second-order valence-electron chi connectivity index (χ2n) is 10.2. The van der Waals surface area contributed by atoms with E-state index in [0.717, 1.165) is 34.4 Å². The van der Waals surface area contributed by atoms with Gasteiger partial charge >= 0.3 is 35.8 Å². The van der Waals surface area contributed by atoms with E-state index in [0.29, 0.717) is 17.9 Å². The lowest BCUT2D eigenvalue weighted by atomic mass is 10.1. The van der Waals surface area contributed by atoms with Crippen LogP contribution in [0.15, 0.2) is 110 Å². The molecular formula is C37H26O12. The van der Waals surface area contributed by atoms with Crippen LogP contribution in [0.2, 0.25) is 0 Å². The van der Waals surface area contributed by atoms with Crippen molar-refractivity contribution in [2.45, 2.75) is 6.42 Å². The van der Waals surface area contributed by atoms with E-state index in [1.807, 2.05) is 12.1 Å². The number of fused-ring (bicyclic) bond motifs is 3. The van der Waals surface area contributed by atoms with Gasteiger partial charge in [0.2, 0.25) is 13.6 Å². The summed E-state index contributed by atoms with van der Waals surface area (Å²) in [6.45, 7) is 5.34. The summed E-state index contributed by atoms with van der Waals surface area (Å²) in [5.74, 6) is -3.58. The van der Waals surface area contributed by atoms with Gasteiger partial charge in [-0.05, 0) is 101 Å². The Kier molecular flexibility index (Phi) is 10.4. The van der Waals surface area contributed by atoms with Crippen molar-refractivity contribution in [3.8, 4) is 22.6 Å². The summed E-state index contributed by atoms with van der Waals surface area (Å²) in [6.07, 6.45) is 2.38. The first-order chi connectivity index (χ1) is 23.6. The minimum atomic E-state index is -0.742. The molecule has 246 valence electrons. The van der Waals surface area contributed by atoms with Crippen molar-refractivity contribution in [1.29, 1.82) is 0 Å². The Balaban J connectivity index is 1.15. The number of hydrogen-bond donors (Lipinski definition) is 0. The molecule has 0 heterocycles. The molecule has 0 atom stereocenters. The highest BCUT2D eigenvalue weighted by atomic mass is 16.7. The molecule has 0 N–H and O–H groups in total. The Morgan fingerprint density at radius 2 is 0.837 bits per heavy atom. The normalized spacial score (nSPS) is 10.8. The molecule has 4 aromatic rings. The van der Waals surface area contributed by atoms with Gasteiger partial charge in [0.05, 0.1) is 22.3 Å². The monoisotopic (exact) mass is 662 g/mol. The Morgan fingerprint density at radius 3 is 1.18 bits per heavy atom. The summed E-state index contributed by atoms with van der Waals surface area (Å²) in [5.41, 5.74) is 4.38. The molecule has 12 nitrogen and oxygen atoms in total. The summed E-state index contributed by atoms with van der Waals surface area (Å²) < 4.78 is 30.0. The molecule has 0 aromatic heterocycles. The van der Waals surface area contributed by atoms with Gasteiger partial charge in [0.1, 0.15) is 11.5 Å². The van der Waals surface area contributed by atoms with Crippen molar-refractivity contribution < 1.29 is 57.2 Å². The SMILES string of the molecule is C=CC(=O)OCOC(=O)c1ccc(C(=O)Oc2ccc3c(c2)Cc2cc(OC(=O)c4ccc(C(=O)OCOC(=O)C=C)cc4)ccc2-3)cc1. The quantitative estimate of drug-likeness (QED) is 0.0728. The minimum absolute atomic E-state index is 0.147. The molecule has 49 heavy (non-hydrogen) atoms. The van der Waals surface area contributed by atoms with Crippen LogP contribution in [-0.4, -0.2) is 49.4 Å². The zero-order valence-electron chi connectivity index (χ0n) is 25.7. The van der Waals surface area contributed by atoms with Gasteiger partial charge in [0.25, 0.3) is 0 Å². The highest BCUT2D eigenvalue weighted by Gasteiger charge is 2.22. The number of benzene rings is 4. The molecule has 0 aliphatic heterocycles. The van der Waals surface area contributed by atoms with Gasteiger partial charge < -0.3 is 28.4 Å². The molecule has 0 radical (unpaired) electrons. The molecule has 0 unspecified atom stereocenters. The predicted molar refractivity (Wildman–Crippen MR) is 171 cm³/mol. The maximum atomic E-state index is 12.8. The van der Waals surface area contributed by atoms with Crippen molar-refractivity contribution in [3.63, 3.8) is 0 Å². The first-order valence-corrected chi connectivity index (χ1v) is 14.5. The molecule has 0 fully saturated rings. The number of hydrogen-bond acceptors (Lipinski definition) is 12. The Morgan fingerprint density at radius 1 is 0.490 bits per heavy atom. The predicted octanol–water partition coefficient (Wildman–Crippen LogP) is 5.38. The molecule has 0 spiro atoms. The fraction of sp³-hybridized carbons (Fsp3) is 0.0811. The molecule has 1 aliphatic carbocycles. The second-order valence-corrected chi connectivity index (χ2v) is 10.2. The van der Waals surface area contributed by atoms with Crippen LogP contribution in [0.1, 0.15) is 52.6 Å². The van der Waals surface area contributed by atoms with E-state index in [4.69, 9.17) is 18.9 Å². The summed E-state index contributed by atoms with van der Waals surface area (Å²) in [7, 11) is 0. The maximum Gasteiger partial charge on any atom is 0.343 e. The van der Waals surface area contributed by atoms with Gasteiger partial charge in [0, 0.05) is 12.2 Å². The van der Waals surface area contributed by atoms with Gasteiger partial charge in [-0.15, -0.1) is 0 Å². The zero-order valence-corrected chi connectivity index (χ0v) is 25.7. The zero-order chi connectivity index (χ0) is 34.9. The number of esters is 6. The van der Waals surface area contributed by atoms with Crippen LogP contribution >= 0.6 is 0 Å². The van der Waals surface area contributed by atoms with Crippen molar-refractivity contribution >= 4 is 35.8 Å². The number of carbonyl (C=O) groups excluding carboxylic acids is 6. The first-order valence-electron chi connectivity index (χ1n) is 14.5. The Hall–Kier alpha value is -6.82. The molecule has 5 rings (SSSR count). The average molecular weight is 663 g/mol. The lowest BCUT2D eigenvalue weighted by Gasteiger charge is -2.08. The molecule has 12 heteroatoms. The van der Waals surface area contributed by atoms with E-state index < -0.39 is 49.4 Å². The lowest BCUT2D eigenvalue weighted by Crippen LogP contribution is -2.12. The van der Waals surface area contributed by atoms with Gasteiger partial charge in [-0.25, -0.2) is 28.8 Å². The lowest BCUT2D eigenvalue weighted by molar-refractivity contribution is -0.147. The summed E-state index contributed by atoms with van der Waals surface area (Å²) in [5, 5.41) is 0. The van der Waals surface area contributed by atoms with Crippen LogP contribution in [0.5, 0.6) is 11.5 Å². The van der Waals surface area contributed by atoms with Crippen molar-refractivity contribution in [2.24, 2.45) is 0 Å². The van der Waals surface area contributed by atoms with Crippen molar-refractivity contribution in [1.82, 2.24) is 0 Å². The first kappa shape index (κ1) is 33.5. The average Bonchev–Trinajstić information content (AvgIpc) is 3.48. The van der Waals surface area contributed by atoms with Gasteiger partial charge in [-0.2, -0.15) is 0 Å². The van der Waals surface area contributed by atoms with Gasteiger partial charge in [0.15, 0.2) is 0 Å². The minimum Gasteiger partial charge on any atom is -0.425 e. The number of ether oxygens (including phenoxy) is 6. The fourth-order valence-electron chi connectivity index (χ4n) is 4.67. The summed E-state index contributed by atoms with van der Waals surface area (Å²) in [6, 6.07) is 21.7. The summed E-state index contributed by atoms with van der Waals surface area (Å²) in [4.78, 5) is 71.9. The van der Waals surface area contributed by atoms with E-state index in [1.165, 1.54) is 48.5 Å². The molecular weight excluding hydrogens is 636 g/mol. The van der Waals surface area contributed by atoms with E-state index in [1.54, 1.807) is 24.3 Å². The van der Waals surface area contributed by atoms with Crippen LogP contribution in [0, 0.1) is 0 Å². The third-order valence-corrected chi connectivity index (χ3v) is 7.07. The van der Waals surface area contributed by atoms with E-state index >= 15 is 0 Å². The van der Waals surface area contributed by atoms with E-state index in [9.17, 15) is 28.8 Å². The van der Waals surface area contributed by atoms with E-state index in [2.05, 4.69) is 22.6 Å². The second kappa shape index (κ2) is 15.2. The highest BCUT2D eigenvalue weighted by molar-refractivity contribution is 5.95. The number of rotatable bonds is 12. The number of carbonyl (C=O) groups is 6. The highest BCUT2D eigenvalue weighted by Crippen LogP contribution is 2.40. The molecule has 0 saturated heterocycles. The topological polar surface area (TPSA) is 158 Å². The Labute approximate surface area is 279 Å². The van der Waals surface area contributed by atoms with Crippen molar-refractivity contribution in [3.05, 3.63) is 144 Å². The fourth-order valence-corrected chi connectivity index (χ4v) is 4.67. The standard InChI is InChI=1S/C37H26O12/c1-3-32(38)44-20-46-34(40)22-5-9-24(10-6-22)36(42)48-28-13-15-30-26(18-28)17-27-19-29(14-16-31(27)30)49-37(43)25-11-7-23(8-12-25)35(41)47-21-45-33(39)4-2/h3-16,18-19H,1-2,17,20-21H2. The Bertz CT molecular complexity index is 1830. The van der Waals surface area contributed by atoms with Crippen LogP contribution in [0.3, 0.4) is 0 Å². The third-order valence-electron chi connectivity index (χ3n) is 7.07. The van der Waals surface area contributed by atoms with E-state index in [-0.39, 0.29) is 22.3 Å². The van der Waals surface area contributed by atoms with Crippen LogP contribution in [-0.2, 0) is 35.0 Å². The maximum absolute atomic E-state index is 12.8. The molecule has 0 amide bonds. The van der Waals surface area contributed by atoms with Gasteiger partial charge in [-0.3, -0.25) is 0 Å². The van der Waals surface area contributed by atoms with Crippen LogP contribution < -0.4 is 9.47 Å². The summed E-state index contributed by atoms with van der Waals surface area (Å²) >= 11 is 0. The third kappa shape index (κ3) is 8.32. The largest absolute Gasteiger partial charge is 0.425 e. The molecule has 4 aromatic carbocycles.